The lowest BCUT2D eigenvalue weighted by Gasteiger charge is -2.44. The summed E-state index contributed by atoms with van der Waals surface area (Å²) in [4.78, 5) is 15.4. The first-order valence-corrected chi connectivity index (χ1v) is 9.83. The van der Waals surface area contributed by atoms with Crippen molar-refractivity contribution in [1.29, 1.82) is 0 Å². The van der Waals surface area contributed by atoms with E-state index in [2.05, 4.69) is 11.0 Å². The number of carbonyl (C=O) groups is 1. The van der Waals surface area contributed by atoms with Crippen LogP contribution in [0.5, 0.6) is 0 Å². The van der Waals surface area contributed by atoms with E-state index in [0.29, 0.717) is 23.8 Å². The molecule has 3 fully saturated rings. The van der Waals surface area contributed by atoms with E-state index in [1.54, 1.807) is 0 Å². The van der Waals surface area contributed by atoms with Gasteiger partial charge in [0.25, 0.3) is 0 Å². The van der Waals surface area contributed by atoms with Crippen molar-refractivity contribution >= 4 is 29.9 Å². The number of nitrogens with two attached hydrogens (primary N) is 1. The fourth-order valence-corrected chi connectivity index (χ4v) is 5.59. The summed E-state index contributed by atoms with van der Waals surface area (Å²) in [5.74, 6) is 1.62. The molecule has 0 radical (unpaired) electrons. The van der Waals surface area contributed by atoms with Gasteiger partial charge in [-0.15, -0.1) is 12.4 Å². The van der Waals surface area contributed by atoms with Crippen molar-refractivity contribution in [1.82, 2.24) is 4.90 Å². The second kappa shape index (κ2) is 7.85. The average molecular weight is 383 g/mol. The minimum absolute atomic E-state index is 0. The molecule has 3 nitrogen and oxygen atoms in total. The Morgan fingerprint density at radius 1 is 1.08 bits per heavy atom. The predicted molar refractivity (Wildman–Crippen MR) is 104 cm³/mol. The topological polar surface area (TPSA) is 46.3 Å². The maximum atomic E-state index is 13.3. The van der Waals surface area contributed by atoms with Gasteiger partial charge in [-0.3, -0.25) is 4.79 Å². The zero-order chi connectivity index (χ0) is 16.7. The molecule has 2 aliphatic carbocycles. The van der Waals surface area contributed by atoms with Gasteiger partial charge >= 0.3 is 0 Å². The number of amides is 1. The third kappa shape index (κ3) is 3.56. The predicted octanol–water partition coefficient (Wildman–Crippen LogP) is 4.58. The molecule has 1 amide bonds. The first kappa shape index (κ1) is 19.0. The number of likely N-dealkylation sites (tertiary alicyclic amines) is 1. The molecular weight excluding hydrogens is 355 g/mol. The third-order valence-electron chi connectivity index (χ3n) is 6.56. The number of rotatable bonds is 2. The van der Waals surface area contributed by atoms with E-state index in [0.717, 1.165) is 42.8 Å². The van der Waals surface area contributed by atoms with Gasteiger partial charge < -0.3 is 10.6 Å². The Hall–Kier alpha value is -0.770. The highest BCUT2D eigenvalue weighted by Crippen LogP contribution is 2.44. The van der Waals surface area contributed by atoms with Crippen LogP contribution in [-0.2, 0) is 4.79 Å². The fraction of sp³-hybridized carbons (Fsp3) is 0.650. The van der Waals surface area contributed by atoms with E-state index in [1.165, 1.54) is 19.3 Å². The molecule has 1 aromatic rings. The van der Waals surface area contributed by atoms with E-state index in [9.17, 15) is 4.79 Å². The van der Waals surface area contributed by atoms with Crippen molar-refractivity contribution < 1.29 is 4.79 Å². The number of hydrogen-bond acceptors (Lipinski definition) is 2. The van der Waals surface area contributed by atoms with Crippen LogP contribution in [0, 0.1) is 17.8 Å². The highest BCUT2D eigenvalue weighted by molar-refractivity contribution is 6.31. The van der Waals surface area contributed by atoms with Gasteiger partial charge in [0, 0.05) is 23.5 Å². The lowest BCUT2D eigenvalue weighted by Crippen LogP contribution is -2.49. The molecular formula is C20H28Cl2N2O. The molecule has 0 spiro atoms. The highest BCUT2D eigenvalue weighted by Gasteiger charge is 2.43. The van der Waals surface area contributed by atoms with Crippen molar-refractivity contribution in [2.75, 3.05) is 6.54 Å². The van der Waals surface area contributed by atoms with Crippen LogP contribution in [0.25, 0.3) is 0 Å². The summed E-state index contributed by atoms with van der Waals surface area (Å²) in [5, 5.41) is 0.782. The SMILES string of the molecule is Cl.NC1C2CCCC1CC(C(=O)N1CCCC1c1ccccc1Cl)C2. The summed E-state index contributed by atoms with van der Waals surface area (Å²) in [6, 6.07) is 8.46. The summed E-state index contributed by atoms with van der Waals surface area (Å²) < 4.78 is 0. The molecule has 4 rings (SSSR count). The molecule has 25 heavy (non-hydrogen) atoms. The molecule has 3 atom stereocenters. The number of benzene rings is 1. The number of hydrogen-bond donors (Lipinski definition) is 1. The Bertz CT molecular complexity index is 609. The quantitative estimate of drug-likeness (QED) is 0.813. The second-order valence-electron chi connectivity index (χ2n) is 7.91. The van der Waals surface area contributed by atoms with Crippen LogP contribution >= 0.6 is 24.0 Å². The first-order valence-electron chi connectivity index (χ1n) is 9.45. The Morgan fingerprint density at radius 2 is 1.76 bits per heavy atom. The minimum atomic E-state index is 0. The van der Waals surface area contributed by atoms with E-state index in [4.69, 9.17) is 17.3 Å². The van der Waals surface area contributed by atoms with Crippen molar-refractivity contribution in [3.63, 3.8) is 0 Å². The van der Waals surface area contributed by atoms with Crippen LogP contribution < -0.4 is 5.73 Å². The van der Waals surface area contributed by atoms with Crippen LogP contribution in [0.4, 0.5) is 0 Å². The highest BCUT2D eigenvalue weighted by atomic mass is 35.5. The van der Waals surface area contributed by atoms with E-state index in [-0.39, 0.29) is 24.4 Å². The van der Waals surface area contributed by atoms with Crippen LogP contribution in [-0.4, -0.2) is 23.4 Å². The summed E-state index contributed by atoms with van der Waals surface area (Å²) in [6.07, 6.45) is 7.76. The molecule has 2 N–H and O–H groups in total. The van der Waals surface area contributed by atoms with Crippen molar-refractivity contribution in [3.05, 3.63) is 34.9 Å². The summed E-state index contributed by atoms with van der Waals surface area (Å²) in [6.45, 7) is 0.868. The van der Waals surface area contributed by atoms with Gasteiger partial charge in [0.1, 0.15) is 0 Å². The molecule has 2 bridgehead atoms. The van der Waals surface area contributed by atoms with Crippen molar-refractivity contribution in [2.24, 2.45) is 23.5 Å². The molecule has 5 heteroatoms. The molecule has 138 valence electrons. The van der Waals surface area contributed by atoms with E-state index >= 15 is 0 Å². The normalized spacial score (nSPS) is 34.5. The largest absolute Gasteiger partial charge is 0.335 e. The minimum Gasteiger partial charge on any atom is -0.335 e. The van der Waals surface area contributed by atoms with Crippen LogP contribution in [0.15, 0.2) is 24.3 Å². The smallest absolute Gasteiger partial charge is 0.226 e. The van der Waals surface area contributed by atoms with E-state index < -0.39 is 0 Å². The summed E-state index contributed by atoms with van der Waals surface area (Å²) in [7, 11) is 0. The Morgan fingerprint density at radius 3 is 2.44 bits per heavy atom. The fourth-order valence-electron chi connectivity index (χ4n) is 5.32. The van der Waals surface area contributed by atoms with Gasteiger partial charge in [-0.25, -0.2) is 0 Å². The Balaban J connectivity index is 0.00000182. The number of nitrogens with zero attached hydrogens (tertiary/aromatic N) is 1. The number of fused-ring (bicyclic) bond motifs is 2. The lowest BCUT2D eigenvalue weighted by atomic mass is 9.65. The number of halogens is 2. The van der Waals surface area contributed by atoms with Crippen molar-refractivity contribution in [2.45, 2.75) is 57.0 Å². The summed E-state index contributed by atoms with van der Waals surface area (Å²) >= 11 is 6.40. The molecule has 1 saturated heterocycles. The Kier molecular flexibility index (Phi) is 5.97. The van der Waals surface area contributed by atoms with Crippen LogP contribution in [0.1, 0.15) is 56.6 Å². The second-order valence-corrected chi connectivity index (χ2v) is 8.32. The molecule has 3 unspecified atom stereocenters. The standard InChI is InChI=1S/C20H27ClN2O.ClH/c21-17-8-2-1-7-16(17)18-9-4-10-23(18)20(24)15-11-13-5-3-6-14(12-15)19(13)22;/h1-2,7-8,13-15,18-19H,3-6,9-12,22H2;1H. The average Bonchev–Trinajstić information content (AvgIpc) is 3.03. The molecule has 0 aromatic heterocycles. The maximum Gasteiger partial charge on any atom is 0.226 e. The maximum absolute atomic E-state index is 13.3. The monoisotopic (exact) mass is 382 g/mol. The van der Waals surface area contributed by atoms with Gasteiger partial charge in [0.2, 0.25) is 5.91 Å². The van der Waals surface area contributed by atoms with Gasteiger partial charge in [-0.05, 0) is 62.0 Å². The van der Waals surface area contributed by atoms with Gasteiger partial charge in [-0.1, -0.05) is 36.2 Å². The van der Waals surface area contributed by atoms with Gasteiger partial charge in [-0.2, -0.15) is 0 Å². The number of carbonyl (C=O) groups excluding carboxylic acids is 1. The zero-order valence-electron chi connectivity index (χ0n) is 14.6. The first-order chi connectivity index (χ1) is 11.6. The lowest BCUT2D eigenvalue weighted by molar-refractivity contribution is -0.139. The third-order valence-corrected chi connectivity index (χ3v) is 6.91. The van der Waals surface area contributed by atoms with Crippen LogP contribution in [0.2, 0.25) is 5.02 Å². The molecule has 1 heterocycles. The Labute approximate surface area is 161 Å². The zero-order valence-corrected chi connectivity index (χ0v) is 16.1. The molecule has 2 saturated carbocycles. The van der Waals surface area contributed by atoms with Gasteiger partial charge in [0.05, 0.1) is 6.04 Å². The van der Waals surface area contributed by atoms with Gasteiger partial charge in [0.15, 0.2) is 0 Å². The van der Waals surface area contributed by atoms with Crippen molar-refractivity contribution in [3.8, 4) is 0 Å². The molecule has 1 aliphatic heterocycles. The molecule has 1 aromatic carbocycles. The van der Waals surface area contributed by atoms with Crippen LogP contribution in [0.3, 0.4) is 0 Å². The van der Waals surface area contributed by atoms with E-state index in [1.807, 2.05) is 18.2 Å². The summed E-state index contributed by atoms with van der Waals surface area (Å²) in [5.41, 5.74) is 7.50. The molecule has 3 aliphatic rings.